The van der Waals surface area contributed by atoms with Crippen LogP contribution in [0.3, 0.4) is 0 Å². The van der Waals surface area contributed by atoms with Gasteiger partial charge in [-0.3, -0.25) is 4.79 Å². The molecule has 0 bridgehead atoms. The van der Waals surface area contributed by atoms with Gasteiger partial charge in [0.25, 0.3) is 0 Å². The highest BCUT2D eigenvalue weighted by atomic mass is 16.5. The second kappa shape index (κ2) is 7.55. The third kappa shape index (κ3) is 4.14. The fourth-order valence-electron chi connectivity index (χ4n) is 2.12. The van der Waals surface area contributed by atoms with Gasteiger partial charge in [0.1, 0.15) is 6.10 Å². The fraction of sp³-hybridized carbons (Fsp3) is 0.211. The first kappa shape index (κ1) is 15.2. The lowest BCUT2D eigenvalue weighted by molar-refractivity contribution is 0.0199. The maximum Gasteiger partial charge on any atom is 0.192 e. The van der Waals surface area contributed by atoms with Crippen molar-refractivity contribution >= 4 is 5.78 Å². The quantitative estimate of drug-likeness (QED) is 0.559. The van der Waals surface area contributed by atoms with Crippen molar-refractivity contribution in [1.29, 1.82) is 0 Å². The van der Waals surface area contributed by atoms with E-state index in [0.717, 1.165) is 5.56 Å². The van der Waals surface area contributed by atoms with E-state index >= 15 is 0 Å². The van der Waals surface area contributed by atoms with Crippen LogP contribution in [-0.4, -0.2) is 11.9 Å². The molecular weight excluding hydrogens is 260 g/mol. The summed E-state index contributed by atoms with van der Waals surface area (Å²) in [6, 6.07) is 19.1. The lowest BCUT2D eigenvalue weighted by Crippen LogP contribution is -2.30. The first-order valence-corrected chi connectivity index (χ1v) is 7.09. The smallest absolute Gasteiger partial charge is 0.192 e. The summed E-state index contributed by atoms with van der Waals surface area (Å²) in [4.78, 5) is 12.6. The average molecular weight is 280 g/mol. The van der Waals surface area contributed by atoms with E-state index in [0.29, 0.717) is 12.2 Å². The molecule has 0 unspecified atom stereocenters. The summed E-state index contributed by atoms with van der Waals surface area (Å²) in [6.07, 6.45) is 1.25. The van der Waals surface area contributed by atoms with E-state index in [2.05, 4.69) is 6.58 Å². The molecule has 2 heteroatoms. The molecule has 0 aliphatic heterocycles. The number of Topliss-reactive ketones (excluding diaryl/α,β-unsaturated/α-hetero) is 1. The van der Waals surface area contributed by atoms with Crippen molar-refractivity contribution in [3.8, 4) is 0 Å². The molecular formula is C19H20O2. The van der Waals surface area contributed by atoms with Gasteiger partial charge >= 0.3 is 0 Å². The van der Waals surface area contributed by atoms with Gasteiger partial charge < -0.3 is 4.74 Å². The zero-order chi connectivity index (χ0) is 15.1. The summed E-state index contributed by atoms with van der Waals surface area (Å²) in [5, 5.41) is 0. The van der Waals surface area contributed by atoms with Crippen LogP contribution in [0.1, 0.15) is 22.8 Å². The standard InChI is InChI=1S/C19H20O2/c1-3-15(2)19(18(20)17-12-8-5-9-13-17)21-14-16-10-6-4-7-11-16/h3-13,15,19H,1,14H2,2H3/t15-,19+/m0/s1. The van der Waals surface area contributed by atoms with Crippen LogP contribution in [0.15, 0.2) is 73.3 Å². The highest BCUT2D eigenvalue weighted by Crippen LogP contribution is 2.17. The zero-order valence-corrected chi connectivity index (χ0v) is 12.2. The first-order chi connectivity index (χ1) is 10.2. The van der Waals surface area contributed by atoms with Gasteiger partial charge in [0.2, 0.25) is 0 Å². The number of ketones is 1. The molecule has 0 fully saturated rings. The minimum absolute atomic E-state index is 0.000990. The van der Waals surface area contributed by atoms with E-state index in [4.69, 9.17) is 4.74 Å². The molecule has 0 saturated carbocycles. The van der Waals surface area contributed by atoms with Gasteiger partial charge in [0, 0.05) is 11.5 Å². The Morgan fingerprint density at radius 1 is 1.10 bits per heavy atom. The second-order valence-corrected chi connectivity index (χ2v) is 5.04. The summed E-state index contributed by atoms with van der Waals surface area (Å²) >= 11 is 0. The van der Waals surface area contributed by atoms with Crippen molar-refractivity contribution in [3.63, 3.8) is 0 Å². The number of benzene rings is 2. The van der Waals surface area contributed by atoms with E-state index in [1.807, 2.05) is 67.6 Å². The molecule has 0 amide bonds. The molecule has 2 aromatic carbocycles. The number of ether oxygens (including phenoxy) is 1. The van der Waals surface area contributed by atoms with Crippen LogP contribution in [0.25, 0.3) is 0 Å². The van der Waals surface area contributed by atoms with Crippen molar-refractivity contribution in [2.24, 2.45) is 5.92 Å². The zero-order valence-electron chi connectivity index (χ0n) is 12.2. The number of rotatable bonds is 7. The van der Waals surface area contributed by atoms with Crippen molar-refractivity contribution in [2.45, 2.75) is 19.6 Å². The van der Waals surface area contributed by atoms with E-state index in [1.165, 1.54) is 0 Å². The molecule has 2 nitrogen and oxygen atoms in total. The number of hydrogen-bond acceptors (Lipinski definition) is 2. The van der Waals surface area contributed by atoms with Gasteiger partial charge in [-0.1, -0.05) is 73.7 Å². The molecule has 0 heterocycles. The minimum atomic E-state index is -0.509. The number of carbonyl (C=O) groups is 1. The molecule has 0 aliphatic carbocycles. The van der Waals surface area contributed by atoms with Crippen LogP contribution < -0.4 is 0 Å². The van der Waals surface area contributed by atoms with E-state index in [1.54, 1.807) is 6.08 Å². The average Bonchev–Trinajstić information content (AvgIpc) is 2.56. The number of hydrogen-bond donors (Lipinski definition) is 0. The highest BCUT2D eigenvalue weighted by molar-refractivity contribution is 5.99. The predicted molar refractivity (Wildman–Crippen MR) is 85.2 cm³/mol. The molecule has 0 aromatic heterocycles. The molecule has 2 atom stereocenters. The normalized spacial score (nSPS) is 13.4. The largest absolute Gasteiger partial charge is 0.365 e. The Kier molecular flexibility index (Phi) is 5.47. The number of carbonyl (C=O) groups excluding carboxylic acids is 1. The van der Waals surface area contributed by atoms with Gasteiger partial charge in [-0.05, 0) is 5.56 Å². The van der Waals surface area contributed by atoms with Crippen LogP contribution >= 0.6 is 0 Å². The Labute approximate surface area is 126 Å². The van der Waals surface area contributed by atoms with Gasteiger partial charge in [-0.25, -0.2) is 0 Å². The van der Waals surface area contributed by atoms with Crippen molar-refractivity contribution < 1.29 is 9.53 Å². The fourth-order valence-corrected chi connectivity index (χ4v) is 2.12. The Hall–Kier alpha value is -2.19. The molecule has 0 aliphatic rings. The molecule has 0 radical (unpaired) electrons. The van der Waals surface area contributed by atoms with Crippen molar-refractivity contribution in [2.75, 3.05) is 0 Å². The van der Waals surface area contributed by atoms with Gasteiger partial charge in [-0.2, -0.15) is 0 Å². The maximum atomic E-state index is 12.6. The van der Waals surface area contributed by atoms with Crippen LogP contribution in [0.5, 0.6) is 0 Å². The Balaban J connectivity index is 2.11. The molecule has 2 aromatic rings. The Morgan fingerprint density at radius 2 is 1.67 bits per heavy atom. The van der Waals surface area contributed by atoms with Crippen LogP contribution in [-0.2, 0) is 11.3 Å². The third-order valence-corrected chi connectivity index (χ3v) is 3.44. The van der Waals surface area contributed by atoms with E-state index < -0.39 is 6.10 Å². The SMILES string of the molecule is C=C[C@H](C)[C@@H](OCc1ccccc1)C(=O)c1ccccc1. The summed E-state index contributed by atoms with van der Waals surface area (Å²) < 4.78 is 5.88. The summed E-state index contributed by atoms with van der Waals surface area (Å²) in [5.41, 5.74) is 1.73. The van der Waals surface area contributed by atoms with Gasteiger partial charge in [0.15, 0.2) is 5.78 Å². The summed E-state index contributed by atoms with van der Waals surface area (Å²) in [5.74, 6) is -0.0413. The van der Waals surface area contributed by atoms with Gasteiger partial charge in [0.05, 0.1) is 6.61 Å². The van der Waals surface area contributed by atoms with E-state index in [9.17, 15) is 4.79 Å². The van der Waals surface area contributed by atoms with Crippen molar-refractivity contribution in [1.82, 2.24) is 0 Å². The lowest BCUT2D eigenvalue weighted by Gasteiger charge is -2.21. The van der Waals surface area contributed by atoms with Crippen LogP contribution in [0.2, 0.25) is 0 Å². The molecule has 21 heavy (non-hydrogen) atoms. The molecule has 2 rings (SSSR count). The topological polar surface area (TPSA) is 26.3 Å². The maximum absolute atomic E-state index is 12.6. The predicted octanol–water partition coefficient (Wildman–Crippen LogP) is 4.28. The molecule has 108 valence electrons. The Morgan fingerprint density at radius 3 is 2.24 bits per heavy atom. The van der Waals surface area contributed by atoms with Crippen LogP contribution in [0.4, 0.5) is 0 Å². The Bertz CT molecular complexity index is 575. The highest BCUT2D eigenvalue weighted by Gasteiger charge is 2.25. The molecule has 0 N–H and O–H groups in total. The van der Waals surface area contributed by atoms with E-state index in [-0.39, 0.29) is 11.7 Å². The van der Waals surface area contributed by atoms with Gasteiger partial charge in [-0.15, -0.1) is 6.58 Å². The second-order valence-electron chi connectivity index (χ2n) is 5.04. The lowest BCUT2D eigenvalue weighted by atomic mass is 9.96. The summed E-state index contributed by atoms with van der Waals surface area (Å²) in [6.45, 7) is 6.15. The third-order valence-electron chi connectivity index (χ3n) is 3.44. The first-order valence-electron chi connectivity index (χ1n) is 7.09. The molecule has 0 saturated heterocycles. The monoisotopic (exact) mass is 280 g/mol. The molecule has 0 spiro atoms. The summed E-state index contributed by atoms with van der Waals surface area (Å²) in [7, 11) is 0. The van der Waals surface area contributed by atoms with Crippen molar-refractivity contribution in [3.05, 3.63) is 84.4 Å². The van der Waals surface area contributed by atoms with Crippen LogP contribution in [0, 0.1) is 5.92 Å². The minimum Gasteiger partial charge on any atom is -0.365 e.